The van der Waals surface area contributed by atoms with E-state index in [1.807, 2.05) is 34.9 Å². The number of aromatic nitrogens is 3. The Morgan fingerprint density at radius 1 is 1.06 bits per heavy atom. The van der Waals surface area contributed by atoms with Crippen molar-refractivity contribution in [2.75, 3.05) is 25.3 Å². The number of carbonyl (C=O) groups is 1. The fraction of sp³-hybridized carbons (Fsp3) is 0.174. The summed E-state index contributed by atoms with van der Waals surface area (Å²) in [5.74, 6) is 1.24. The minimum absolute atomic E-state index is 0.164. The SMILES string of the molecule is COc1ccc(OC)c(NC(=O)CSc2nc3cccnc3n2Cc2ccccc2)c1. The van der Waals surface area contributed by atoms with Gasteiger partial charge in [-0.1, -0.05) is 42.1 Å². The summed E-state index contributed by atoms with van der Waals surface area (Å²) < 4.78 is 12.6. The van der Waals surface area contributed by atoms with E-state index >= 15 is 0 Å². The maximum Gasteiger partial charge on any atom is 0.234 e. The Morgan fingerprint density at radius 2 is 1.90 bits per heavy atom. The number of fused-ring (bicyclic) bond motifs is 1. The van der Waals surface area contributed by atoms with E-state index in [4.69, 9.17) is 9.47 Å². The summed E-state index contributed by atoms with van der Waals surface area (Å²) in [6.45, 7) is 0.627. The van der Waals surface area contributed by atoms with Gasteiger partial charge in [-0.2, -0.15) is 0 Å². The van der Waals surface area contributed by atoms with Gasteiger partial charge in [0.15, 0.2) is 10.8 Å². The highest BCUT2D eigenvalue weighted by atomic mass is 32.2. The quantitative estimate of drug-likeness (QED) is 0.418. The predicted octanol–water partition coefficient (Wildman–Crippen LogP) is 4.23. The van der Waals surface area contributed by atoms with Crippen molar-refractivity contribution >= 4 is 34.5 Å². The van der Waals surface area contributed by atoms with Crippen molar-refractivity contribution < 1.29 is 14.3 Å². The monoisotopic (exact) mass is 434 g/mol. The van der Waals surface area contributed by atoms with Gasteiger partial charge in [-0.15, -0.1) is 0 Å². The third kappa shape index (κ3) is 4.80. The number of nitrogens with one attached hydrogen (secondary N) is 1. The molecule has 2 aromatic heterocycles. The van der Waals surface area contributed by atoms with Crippen LogP contribution < -0.4 is 14.8 Å². The van der Waals surface area contributed by atoms with E-state index in [0.29, 0.717) is 23.7 Å². The zero-order valence-electron chi connectivity index (χ0n) is 17.2. The second-order valence-corrected chi connectivity index (χ2v) is 7.66. The first-order valence-corrected chi connectivity index (χ1v) is 10.7. The Balaban J connectivity index is 1.52. The number of rotatable bonds is 8. The lowest BCUT2D eigenvalue weighted by Gasteiger charge is -2.12. The molecule has 2 aromatic carbocycles. The van der Waals surface area contributed by atoms with Crippen molar-refractivity contribution in [1.82, 2.24) is 14.5 Å². The summed E-state index contributed by atoms with van der Waals surface area (Å²) in [5, 5.41) is 3.63. The summed E-state index contributed by atoms with van der Waals surface area (Å²) in [4.78, 5) is 21.8. The molecular weight excluding hydrogens is 412 g/mol. The van der Waals surface area contributed by atoms with Crippen molar-refractivity contribution in [3.05, 3.63) is 72.4 Å². The molecule has 0 fully saturated rings. The summed E-state index contributed by atoms with van der Waals surface area (Å²) in [5.41, 5.74) is 3.30. The van der Waals surface area contributed by atoms with E-state index in [1.165, 1.54) is 11.8 Å². The number of anilines is 1. The number of hydrogen-bond donors (Lipinski definition) is 1. The second kappa shape index (κ2) is 9.53. The number of amides is 1. The standard InChI is InChI=1S/C23H22N4O3S/c1-29-17-10-11-20(30-2)19(13-17)25-21(28)15-31-23-26-18-9-6-12-24-22(18)27(23)14-16-7-4-3-5-8-16/h3-13H,14-15H2,1-2H3,(H,25,28). The average Bonchev–Trinajstić information content (AvgIpc) is 3.15. The molecule has 0 saturated carbocycles. The molecule has 2 heterocycles. The molecule has 31 heavy (non-hydrogen) atoms. The first kappa shape index (κ1) is 20.7. The highest BCUT2D eigenvalue weighted by molar-refractivity contribution is 7.99. The van der Waals surface area contributed by atoms with Crippen LogP contribution in [0.1, 0.15) is 5.56 Å². The molecule has 0 spiro atoms. The second-order valence-electron chi connectivity index (χ2n) is 6.72. The highest BCUT2D eigenvalue weighted by Gasteiger charge is 2.15. The average molecular weight is 435 g/mol. The Bertz CT molecular complexity index is 1190. The smallest absolute Gasteiger partial charge is 0.234 e. The Labute approximate surface area is 184 Å². The van der Waals surface area contributed by atoms with Gasteiger partial charge in [0.25, 0.3) is 0 Å². The molecule has 0 atom stereocenters. The molecule has 0 aliphatic heterocycles. The van der Waals surface area contributed by atoms with Crippen molar-refractivity contribution in [3.8, 4) is 11.5 Å². The van der Waals surface area contributed by atoms with Crippen molar-refractivity contribution in [3.63, 3.8) is 0 Å². The zero-order valence-corrected chi connectivity index (χ0v) is 18.1. The normalized spacial score (nSPS) is 10.8. The molecule has 0 radical (unpaired) electrons. The molecule has 4 aromatic rings. The zero-order chi connectivity index (χ0) is 21.6. The molecule has 0 saturated heterocycles. The third-order valence-corrected chi connectivity index (χ3v) is 5.64. The highest BCUT2D eigenvalue weighted by Crippen LogP contribution is 2.30. The number of hydrogen-bond acceptors (Lipinski definition) is 6. The Morgan fingerprint density at radius 3 is 2.68 bits per heavy atom. The van der Waals surface area contributed by atoms with Crippen LogP contribution in [0.25, 0.3) is 11.2 Å². The number of benzene rings is 2. The first-order chi connectivity index (χ1) is 15.2. The van der Waals surface area contributed by atoms with Crippen molar-refractivity contribution in [1.29, 1.82) is 0 Å². The number of imidazole rings is 1. The van der Waals surface area contributed by atoms with Crippen molar-refractivity contribution in [2.24, 2.45) is 0 Å². The van der Waals surface area contributed by atoms with E-state index < -0.39 is 0 Å². The molecule has 0 aliphatic rings. The molecular formula is C23H22N4O3S. The number of methoxy groups -OCH3 is 2. The van der Waals surface area contributed by atoms with Gasteiger partial charge >= 0.3 is 0 Å². The lowest BCUT2D eigenvalue weighted by Crippen LogP contribution is -2.15. The van der Waals surface area contributed by atoms with Crippen LogP contribution in [0.5, 0.6) is 11.5 Å². The molecule has 8 heteroatoms. The van der Waals surface area contributed by atoms with Gasteiger partial charge in [0.1, 0.15) is 17.0 Å². The van der Waals surface area contributed by atoms with Crippen LogP contribution >= 0.6 is 11.8 Å². The number of carbonyl (C=O) groups excluding carboxylic acids is 1. The van der Waals surface area contributed by atoms with Gasteiger partial charge in [0.2, 0.25) is 5.91 Å². The number of nitrogens with zero attached hydrogens (tertiary/aromatic N) is 3. The number of pyridine rings is 1. The lowest BCUT2D eigenvalue weighted by atomic mass is 10.2. The van der Waals surface area contributed by atoms with Gasteiger partial charge in [-0.05, 0) is 29.8 Å². The third-order valence-electron chi connectivity index (χ3n) is 4.67. The Kier molecular flexibility index (Phi) is 6.37. The van der Waals surface area contributed by atoms with Gasteiger partial charge in [-0.25, -0.2) is 9.97 Å². The Hall–Kier alpha value is -3.52. The minimum Gasteiger partial charge on any atom is -0.497 e. The van der Waals surface area contributed by atoms with Gasteiger partial charge in [0.05, 0.1) is 32.2 Å². The summed E-state index contributed by atoms with van der Waals surface area (Å²) in [7, 11) is 3.14. The van der Waals surface area contributed by atoms with Crippen LogP contribution in [0, 0.1) is 0 Å². The fourth-order valence-corrected chi connectivity index (χ4v) is 3.99. The molecule has 0 unspecified atom stereocenters. The van der Waals surface area contributed by atoms with Gasteiger partial charge in [0, 0.05) is 12.3 Å². The van der Waals surface area contributed by atoms with Gasteiger partial charge in [-0.3, -0.25) is 9.36 Å². The van der Waals surface area contributed by atoms with Crippen molar-refractivity contribution in [2.45, 2.75) is 11.7 Å². The van der Waals surface area contributed by atoms with E-state index in [1.54, 1.807) is 38.6 Å². The van der Waals surface area contributed by atoms with Crippen LogP contribution in [0.4, 0.5) is 5.69 Å². The summed E-state index contributed by atoms with van der Waals surface area (Å²) >= 11 is 1.37. The predicted molar refractivity (Wildman–Crippen MR) is 122 cm³/mol. The van der Waals surface area contributed by atoms with Crippen LogP contribution in [-0.2, 0) is 11.3 Å². The summed E-state index contributed by atoms with van der Waals surface area (Å²) in [6.07, 6.45) is 1.75. The topological polar surface area (TPSA) is 78.3 Å². The van der Waals surface area contributed by atoms with Crippen LogP contribution in [0.15, 0.2) is 72.0 Å². The van der Waals surface area contributed by atoms with Crippen LogP contribution in [-0.4, -0.2) is 40.4 Å². The van der Waals surface area contributed by atoms with Crippen LogP contribution in [0.3, 0.4) is 0 Å². The minimum atomic E-state index is -0.164. The van der Waals surface area contributed by atoms with E-state index in [9.17, 15) is 4.79 Å². The first-order valence-electron chi connectivity index (χ1n) is 9.68. The molecule has 158 valence electrons. The largest absolute Gasteiger partial charge is 0.497 e. The fourth-order valence-electron chi connectivity index (χ4n) is 3.18. The maximum atomic E-state index is 12.7. The lowest BCUT2D eigenvalue weighted by molar-refractivity contribution is -0.113. The molecule has 1 N–H and O–H groups in total. The van der Waals surface area contributed by atoms with E-state index in [2.05, 4.69) is 27.4 Å². The molecule has 7 nitrogen and oxygen atoms in total. The van der Waals surface area contributed by atoms with Crippen LogP contribution in [0.2, 0.25) is 0 Å². The number of thioether (sulfide) groups is 1. The molecule has 0 aliphatic carbocycles. The maximum absolute atomic E-state index is 12.7. The molecule has 0 bridgehead atoms. The molecule has 4 rings (SSSR count). The van der Waals surface area contributed by atoms with E-state index in [0.717, 1.165) is 21.9 Å². The number of ether oxygens (including phenoxy) is 2. The van der Waals surface area contributed by atoms with E-state index in [-0.39, 0.29) is 11.7 Å². The summed E-state index contributed by atoms with van der Waals surface area (Å²) in [6, 6.07) is 19.2. The molecule has 1 amide bonds. The van der Waals surface area contributed by atoms with Gasteiger partial charge < -0.3 is 14.8 Å².